The van der Waals surface area contributed by atoms with Crippen molar-refractivity contribution in [1.82, 2.24) is 5.32 Å². The Morgan fingerprint density at radius 3 is 2.46 bits per heavy atom. The van der Waals surface area contributed by atoms with Gasteiger partial charge in [0.05, 0.1) is 4.90 Å². The molecule has 2 heterocycles. The van der Waals surface area contributed by atoms with Crippen molar-refractivity contribution in [2.75, 3.05) is 31.3 Å². The van der Waals surface area contributed by atoms with Crippen molar-refractivity contribution in [2.45, 2.75) is 30.2 Å². The van der Waals surface area contributed by atoms with Crippen LogP contribution in [0, 0.1) is 0 Å². The molecule has 3 N–H and O–H groups in total. The van der Waals surface area contributed by atoms with E-state index < -0.39 is 10.0 Å². The molecule has 4 rings (SSSR count). The fourth-order valence-corrected chi connectivity index (χ4v) is 4.21. The lowest BCUT2D eigenvalue weighted by molar-refractivity contribution is 0.174. The Morgan fingerprint density at radius 1 is 1.04 bits per heavy atom. The lowest BCUT2D eigenvalue weighted by Gasteiger charge is -2.34. The second-order valence-electron chi connectivity index (χ2n) is 7.19. The van der Waals surface area contributed by atoms with Crippen LogP contribution in [0.1, 0.15) is 18.4 Å². The molecule has 0 saturated carbocycles. The van der Waals surface area contributed by atoms with Crippen LogP contribution in [0.5, 0.6) is 11.5 Å². The zero-order valence-corrected chi connectivity index (χ0v) is 16.5. The second-order valence-corrected chi connectivity index (χ2v) is 8.75. The highest BCUT2D eigenvalue weighted by Gasteiger charge is 2.21. The van der Waals surface area contributed by atoms with Crippen LogP contribution in [0.25, 0.3) is 0 Å². The number of nitrogens with zero attached hydrogens (tertiary/aromatic N) is 1. The van der Waals surface area contributed by atoms with E-state index in [9.17, 15) is 8.42 Å². The topological polar surface area (TPSA) is 93.9 Å². The summed E-state index contributed by atoms with van der Waals surface area (Å²) in [5, 5.41) is 8.74. The Bertz CT molecular complexity index is 923. The van der Waals surface area contributed by atoms with E-state index in [1.807, 2.05) is 18.2 Å². The molecule has 0 spiro atoms. The summed E-state index contributed by atoms with van der Waals surface area (Å²) in [6.07, 6.45) is 3.02. The summed E-state index contributed by atoms with van der Waals surface area (Å²) in [5.41, 5.74) is 2.27. The summed E-state index contributed by atoms with van der Waals surface area (Å²) in [5.74, 6) is 1.64. The maximum Gasteiger partial charge on any atom is 0.238 e. The fourth-order valence-electron chi connectivity index (χ4n) is 3.69. The SMILES string of the molecule is NS(=O)(=O)c1ccc(CCNC2CCN(c3ccc4c(c3)OCO4)CC2)cc1. The maximum absolute atomic E-state index is 11.3. The minimum atomic E-state index is -3.62. The molecule has 0 unspecified atom stereocenters. The van der Waals surface area contributed by atoms with Crippen molar-refractivity contribution in [2.24, 2.45) is 5.14 Å². The van der Waals surface area contributed by atoms with E-state index in [2.05, 4.69) is 22.3 Å². The Balaban J connectivity index is 1.23. The van der Waals surface area contributed by atoms with Gasteiger partial charge >= 0.3 is 0 Å². The van der Waals surface area contributed by atoms with Crippen molar-refractivity contribution in [3.8, 4) is 11.5 Å². The summed E-state index contributed by atoms with van der Waals surface area (Å²) < 4.78 is 33.4. The number of sulfonamides is 1. The molecule has 1 fully saturated rings. The predicted octanol–water partition coefficient (Wildman–Crippen LogP) is 1.86. The molecule has 1 saturated heterocycles. The van der Waals surface area contributed by atoms with Gasteiger partial charge in [0.1, 0.15) is 0 Å². The Labute approximate surface area is 165 Å². The smallest absolute Gasteiger partial charge is 0.238 e. The summed E-state index contributed by atoms with van der Waals surface area (Å²) >= 11 is 0. The molecule has 8 heteroatoms. The highest BCUT2D eigenvalue weighted by atomic mass is 32.2. The molecule has 2 aromatic rings. The minimum Gasteiger partial charge on any atom is -0.454 e. The van der Waals surface area contributed by atoms with Crippen LogP contribution < -0.4 is 24.8 Å². The van der Waals surface area contributed by atoms with Crippen LogP contribution in [0.3, 0.4) is 0 Å². The van der Waals surface area contributed by atoms with Gasteiger partial charge in [0.25, 0.3) is 0 Å². The predicted molar refractivity (Wildman–Crippen MR) is 107 cm³/mol. The number of anilines is 1. The number of benzene rings is 2. The number of ether oxygens (including phenoxy) is 2. The molecule has 2 aliphatic rings. The van der Waals surface area contributed by atoms with Gasteiger partial charge in [0.15, 0.2) is 11.5 Å². The summed E-state index contributed by atoms with van der Waals surface area (Å²) in [6.45, 7) is 3.17. The lowest BCUT2D eigenvalue weighted by Crippen LogP contribution is -2.43. The number of primary sulfonamides is 1. The molecule has 0 atom stereocenters. The Kier molecular flexibility index (Phi) is 5.43. The third-order valence-corrected chi connectivity index (χ3v) is 6.24. The average molecular weight is 404 g/mol. The normalized spacial score (nSPS) is 17.1. The van der Waals surface area contributed by atoms with Gasteiger partial charge in [-0.15, -0.1) is 0 Å². The average Bonchev–Trinajstić information content (AvgIpc) is 3.16. The zero-order chi connectivity index (χ0) is 19.6. The monoisotopic (exact) mass is 403 g/mol. The van der Waals surface area contributed by atoms with Gasteiger partial charge in [-0.25, -0.2) is 13.6 Å². The first kappa shape index (κ1) is 19.0. The number of piperidine rings is 1. The van der Waals surface area contributed by atoms with Gasteiger partial charge in [0, 0.05) is 30.9 Å². The quantitative estimate of drug-likeness (QED) is 0.765. The molecule has 0 aromatic heterocycles. The summed E-state index contributed by atoms with van der Waals surface area (Å²) in [4.78, 5) is 2.53. The van der Waals surface area contributed by atoms with Crippen LogP contribution in [-0.2, 0) is 16.4 Å². The number of nitrogens with one attached hydrogen (secondary N) is 1. The van der Waals surface area contributed by atoms with Crippen molar-refractivity contribution < 1.29 is 17.9 Å². The summed E-state index contributed by atoms with van der Waals surface area (Å²) in [7, 11) is -3.62. The van der Waals surface area contributed by atoms with Crippen molar-refractivity contribution >= 4 is 15.7 Å². The number of hydrogen-bond acceptors (Lipinski definition) is 6. The van der Waals surface area contributed by atoms with E-state index in [1.54, 1.807) is 12.1 Å². The van der Waals surface area contributed by atoms with Crippen LogP contribution in [0.2, 0.25) is 0 Å². The van der Waals surface area contributed by atoms with Crippen molar-refractivity contribution in [3.63, 3.8) is 0 Å². The van der Waals surface area contributed by atoms with Gasteiger partial charge in [-0.05, 0) is 55.6 Å². The number of hydrogen-bond donors (Lipinski definition) is 2. The van der Waals surface area contributed by atoms with E-state index in [-0.39, 0.29) is 4.90 Å². The van der Waals surface area contributed by atoms with Gasteiger partial charge < -0.3 is 19.7 Å². The van der Waals surface area contributed by atoms with Gasteiger partial charge in [-0.3, -0.25) is 0 Å². The van der Waals surface area contributed by atoms with E-state index >= 15 is 0 Å². The number of fused-ring (bicyclic) bond motifs is 1. The second kappa shape index (κ2) is 7.98. The molecular weight excluding hydrogens is 378 g/mol. The van der Waals surface area contributed by atoms with Crippen molar-refractivity contribution in [1.29, 1.82) is 0 Å². The van der Waals surface area contributed by atoms with E-state index in [1.165, 1.54) is 5.69 Å². The van der Waals surface area contributed by atoms with E-state index in [0.717, 1.165) is 56.0 Å². The third kappa shape index (κ3) is 4.40. The van der Waals surface area contributed by atoms with Crippen LogP contribution >= 0.6 is 0 Å². The molecule has 150 valence electrons. The molecule has 28 heavy (non-hydrogen) atoms. The number of rotatable bonds is 6. The van der Waals surface area contributed by atoms with Crippen molar-refractivity contribution in [3.05, 3.63) is 48.0 Å². The highest BCUT2D eigenvalue weighted by molar-refractivity contribution is 7.89. The number of nitrogens with two attached hydrogens (primary N) is 1. The third-order valence-electron chi connectivity index (χ3n) is 5.31. The first-order valence-electron chi connectivity index (χ1n) is 9.49. The minimum absolute atomic E-state index is 0.153. The molecule has 0 amide bonds. The van der Waals surface area contributed by atoms with Crippen LogP contribution in [0.4, 0.5) is 5.69 Å². The van der Waals surface area contributed by atoms with Crippen LogP contribution in [0.15, 0.2) is 47.4 Å². The van der Waals surface area contributed by atoms with Gasteiger partial charge in [0.2, 0.25) is 16.8 Å². The first-order chi connectivity index (χ1) is 13.5. The van der Waals surface area contributed by atoms with E-state index in [4.69, 9.17) is 14.6 Å². The molecule has 0 radical (unpaired) electrons. The Hall–Kier alpha value is -2.29. The Morgan fingerprint density at radius 2 is 1.75 bits per heavy atom. The standard InChI is InChI=1S/C20H25N3O4S/c21-28(24,25)18-4-1-15(2-5-18)7-10-22-16-8-11-23(12-9-16)17-3-6-19-20(13-17)27-14-26-19/h1-6,13,16,22H,7-12,14H2,(H2,21,24,25). The van der Waals surface area contributed by atoms with Crippen LogP contribution in [-0.4, -0.2) is 40.9 Å². The lowest BCUT2D eigenvalue weighted by atomic mass is 10.0. The molecule has 7 nitrogen and oxygen atoms in total. The van der Waals surface area contributed by atoms with Gasteiger partial charge in [-0.1, -0.05) is 12.1 Å². The fraction of sp³-hybridized carbons (Fsp3) is 0.400. The molecule has 2 aliphatic heterocycles. The largest absolute Gasteiger partial charge is 0.454 e. The maximum atomic E-state index is 11.3. The van der Waals surface area contributed by atoms with E-state index in [0.29, 0.717) is 12.8 Å². The molecule has 0 aliphatic carbocycles. The molecular formula is C20H25N3O4S. The highest BCUT2D eigenvalue weighted by Crippen LogP contribution is 2.36. The molecule has 2 aromatic carbocycles. The first-order valence-corrected chi connectivity index (χ1v) is 11.0. The summed E-state index contributed by atoms with van der Waals surface area (Å²) in [6, 6.07) is 13.4. The zero-order valence-electron chi connectivity index (χ0n) is 15.6. The molecule has 0 bridgehead atoms. The van der Waals surface area contributed by atoms with Gasteiger partial charge in [-0.2, -0.15) is 0 Å².